The zero-order valence-corrected chi connectivity index (χ0v) is 24.5. The van der Waals surface area contributed by atoms with E-state index in [2.05, 4.69) is 49.9 Å². The van der Waals surface area contributed by atoms with Gasteiger partial charge in [0.1, 0.15) is 23.0 Å². The van der Waals surface area contributed by atoms with Crippen LogP contribution < -0.4 is 15.4 Å². The highest BCUT2D eigenvalue weighted by Crippen LogP contribution is 2.33. The van der Waals surface area contributed by atoms with E-state index in [4.69, 9.17) is 9.84 Å². The van der Waals surface area contributed by atoms with Crippen LogP contribution in [0.1, 0.15) is 31.9 Å². The Morgan fingerprint density at radius 3 is 2.58 bits per heavy atom. The van der Waals surface area contributed by atoms with Gasteiger partial charge in [-0.2, -0.15) is 10.2 Å². The number of amides is 2. The van der Waals surface area contributed by atoms with Gasteiger partial charge in [-0.3, -0.25) is 14.8 Å². The largest absolute Gasteiger partial charge is 0.457 e. The Morgan fingerprint density at radius 1 is 1.00 bits per heavy atom. The number of halogens is 1. The summed E-state index contributed by atoms with van der Waals surface area (Å²) in [5.41, 5.74) is 5.86. The Hall–Kier alpha value is -5.03. The predicted octanol–water partition coefficient (Wildman–Crippen LogP) is 6.65. The van der Waals surface area contributed by atoms with Crippen molar-refractivity contribution >= 4 is 17.4 Å². The molecule has 0 radical (unpaired) electrons. The molecule has 0 aliphatic carbocycles. The number of pyridine rings is 1. The maximum absolute atomic E-state index is 15.1. The number of fused-ring (bicyclic) bond motifs is 1. The molecular weight excluding hydrogens is 547 g/mol. The quantitative estimate of drug-likeness (QED) is 0.207. The Kier molecular flexibility index (Phi) is 7.41. The van der Waals surface area contributed by atoms with Crippen LogP contribution >= 0.6 is 0 Å². The first-order valence-electron chi connectivity index (χ1n) is 14.0. The average Bonchev–Trinajstić information content (AvgIpc) is 3.65. The molecular formula is C32H33FN8O2. The second kappa shape index (κ2) is 11.3. The second-order valence-electron chi connectivity index (χ2n) is 11.7. The number of rotatable bonds is 6. The van der Waals surface area contributed by atoms with E-state index < -0.39 is 11.8 Å². The second-order valence-corrected chi connectivity index (χ2v) is 11.7. The summed E-state index contributed by atoms with van der Waals surface area (Å²) in [6, 6.07) is 13.4. The van der Waals surface area contributed by atoms with Gasteiger partial charge in [0, 0.05) is 54.9 Å². The Bertz CT molecular complexity index is 1770. The predicted molar refractivity (Wildman–Crippen MR) is 164 cm³/mol. The molecule has 2 aromatic carbocycles. The van der Waals surface area contributed by atoms with Crippen molar-refractivity contribution in [2.75, 3.05) is 24.2 Å². The lowest BCUT2D eigenvalue weighted by molar-refractivity contribution is 0.262. The number of carbonyl (C=O) groups excluding carboxylic acids is 1. The van der Waals surface area contributed by atoms with E-state index in [0.29, 0.717) is 22.8 Å². The third kappa shape index (κ3) is 6.26. The molecule has 2 amide bonds. The molecule has 1 aliphatic heterocycles. The topological polar surface area (TPSA) is 113 Å². The Labute approximate surface area is 248 Å². The third-order valence-corrected chi connectivity index (χ3v) is 7.28. The van der Waals surface area contributed by atoms with Crippen LogP contribution in [0.4, 0.5) is 20.6 Å². The Balaban J connectivity index is 1.18. The molecule has 11 heteroatoms. The van der Waals surface area contributed by atoms with E-state index in [0.717, 1.165) is 30.6 Å². The van der Waals surface area contributed by atoms with E-state index in [1.165, 1.54) is 23.3 Å². The van der Waals surface area contributed by atoms with Crippen LogP contribution in [0, 0.1) is 5.82 Å². The normalized spacial score (nSPS) is 13.4. The number of nitrogens with one attached hydrogen (secondary N) is 3. The number of ether oxygens (including phenoxy) is 1. The lowest BCUT2D eigenvalue weighted by atomic mass is 9.96. The summed E-state index contributed by atoms with van der Waals surface area (Å²) in [5, 5.41) is 17.0. The van der Waals surface area contributed by atoms with Gasteiger partial charge in [0.05, 0.1) is 28.8 Å². The SMILES string of the molecule is CN1CCc2cc(-c3nn(C(C)(C)C)cc3NC(=O)Nc3ccc(Oc4ccnc(-c5cn[nH]c5)c4)cc3F)ccc2C1. The molecule has 3 aromatic heterocycles. The highest BCUT2D eigenvalue weighted by atomic mass is 19.1. The van der Waals surface area contributed by atoms with E-state index in [-0.39, 0.29) is 17.0 Å². The smallest absolute Gasteiger partial charge is 0.323 e. The fourth-order valence-electron chi connectivity index (χ4n) is 4.96. The van der Waals surface area contributed by atoms with Gasteiger partial charge in [0.25, 0.3) is 0 Å². The standard InChI is InChI=1S/C32H33FN8O2/c1-32(2,3)41-19-29(30(39-41)21-5-6-22-18-40(4)12-10-20(22)13-21)38-31(42)37-27-8-7-24(14-26(27)33)43-25-9-11-34-28(15-25)23-16-35-36-17-23/h5-9,11,13-17,19H,10,12,18H2,1-4H3,(H,35,36)(H2,37,38,42). The number of hydrogen-bond acceptors (Lipinski definition) is 6. The van der Waals surface area contributed by atoms with Crippen molar-refractivity contribution in [2.24, 2.45) is 0 Å². The number of aromatic amines is 1. The summed E-state index contributed by atoms with van der Waals surface area (Å²) in [6.45, 7) is 8.02. The Morgan fingerprint density at radius 2 is 1.81 bits per heavy atom. The van der Waals surface area contributed by atoms with Crippen LogP contribution in [-0.4, -0.2) is 49.5 Å². The highest BCUT2D eigenvalue weighted by molar-refractivity contribution is 6.02. The number of likely N-dealkylation sites (N-methyl/N-ethyl adjacent to an activating group) is 1. The minimum absolute atomic E-state index is 0.0151. The van der Waals surface area contributed by atoms with Gasteiger partial charge >= 0.3 is 6.03 Å². The van der Waals surface area contributed by atoms with E-state index in [1.54, 1.807) is 36.8 Å². The summed E-state index contributed by atoms with van der Waals surface area (Å²) in [6.07, 6.45) is 7.74. The molecule has 0 saturated carbocycles. The number of carbonyl (C=O) groups is 1. The molecule has 0 unspecified atom stereocenters. The summed E-state index contributed by atoms with van der Waals surface area (Å²) >= 11 is 0. The molecule has 0 spiro atoms. The summed E-state index contributed by atoms with van der Waals surface area (Å²) in [4.78, 5) is 19.7. The number of anilines is 2. The maximum atomic E-state index is 15.1. The van der Waals surface area contributed by atoms with E-state index >= 15 is 4.39 Å². The zero-order valence-electron chi connectivity index (χ0n) is 24.5. The fraction of sp³-hybridized carbons (Fsp3) is 0.250. The third-order valence-electron chi connectivity index (χ3n) is 7.28. The van der Waals surface area contributed by atoms with E-state index in [9.17, 15) is 4.79 Å². The van der Waals surface area contributed by atoms with Crippen molar-refractivity contribution in [3.63, 3.8) is 0 Å². The van der Waals surface area contributed by atoms with Crippen LogP contribution in [0.3, 0.4) is 0 Å². The molecule has 0 saturated heterocycles. The van der Waals surface area contributed by atoms with Crippen molar-refractivity contribution in [3.05, 3.63) is 90.3 Å². The van der Waals surface area contributed by atoms with Crippen molar-refractivity contribution in [1.82, 2.24) is 29.9 Å². The van der Waals surface area contributed by atoms with Gasteiger partial charge in [-0.25, -0.2) is 9.18 Å². The zero-order chi connectivity index (χ0) is 30.1. The monoisotopic (exact) mass is 580 g/mol. The highest BCUT2D eigenvalue weighted by Gasteiger charge is 2.22. The molecule has 10 nitrogen and oxygen atoms in total. The molecule has 4 heterocycles. The van der Waals surface area contributed by atoms with Gasteiger partial charge in [0.2, 0.25) is 0 Å². The van der Waals surface area contributed by atoms with Crippen LogP contribution in [0.25, 0.3) is 22.5 Å². The first kappa shape index (κ1) is 28.1. The van der Waals surface area contributed by atoms with Crippen LogP contribution in [-0.2, 0) is 18.5 Å². The molecule has 5 aromatic rings. The first-order valence-corrected chi connectivity index (χ1v) is 14.0. The lowest BCUT2D eigenvalue weighted by Crippen LogP contribution is -2.26. The average molecular weight is 581 g/mol. The lowest BCUT2D eigenvalue weighted by Gasteiger charge is -2.25. The molecule has 220 valence electrons. The summed E-state index contributed by atoms with van der Waals surface area (Å²) in [5.74, 6) is 0.129. The minimum atomic E-state index is -0.637. The van der Waals surface area contributed by atoms with Crippen molar-refractivity contribution in [2.45, 2.75) is 39.3 Å². The molecule has 0 fully saturated rings. The van der Waals surface area contributed by atoms with Crippen LogP contribution in [0.15, 0.2) is 73.3 Å². The molecule has 1 aliphatic rings. The van der Waals surface area contributed by atoms with Gasteiger partial charge in [0.15, 0.2) is 0 Å². The molecule has 43 heavy (non-hydrogen) atoms. The van der Waals surface area contributed by atoms with Gasteiger partial charge < -0.3 is 20.3 Å². The van der Waals surface area contributed by atoms with Crippen LogP contribution in [0.5, 0.6) is 11.5 Å². The summed E-state index contributed by atoms with van der Waals surface area (Å²) in [7, 11) is 2.12. The van der Waals surface area contributed by atoms with Crippen LogP contribution in [0.2, 0.25) is 0 Å². The number of nitrogens with zero attached hydrogens (tertiary/aromatic N) is 5. The maximum Gasteiger partial charge on any atom is 0.323 e. The van der Waals surface area contributed by atoms with Gasteiger partial charge in [-0.1, -0.05) is 12.1 Å². The molecule has 0 atom stereocenters. The number of urea groups is 1. The van der Waals surface area contributed by atoms with E-state index in [1.807, 2.05) is 37.7 Å². The molecule has 0 bridgehead atoms. The number of aromatic nitrogens is 5. The van der Waals surface area contributed by atoms with Crippen molar-refractivity contribution in [3.8, 4) is 34.0 Å². The molecule has 6 rings (SSSR count). The minimum Gasteiger partial charge on any atom is -0.457 e. The summed E-state index contributed by atoms with van der Waals surface area (Å²) < 4.78 is 22.8. The number of hydrogen-bond donors (Lipinski definition) is 3. The molecule has 3 N–H and O–H groups in total. The number of H-pyrrole nitrogens is 1. The van der Waals surface area contributed by atoms with Crippen molar-refractivity contribution < 1.29 is 13.9 Å². The van der Waals surface area contributed by atoms with Crippen molar-refractivity contribution in [1.29, 1.82) is 0 Å². The van der Waals surface area contributed by atoms with Gasteiger partial charge in [-0.15, -0.1) is 0 Å². The first-order chi connectivity index (χ1) is 20.6. The number of benzene rings is 2. The fourth-order valence-corrected chi connectivity index (χ4v) is 4.96. The van der Waals surface area contributed by atoms with Gasteiger partial charge in [-0.05, 0) is 69.6 Å².